The fourth-order valence-corrected chi connectivity index (χ4v) is 4.91. The largest absolute Gasteiger partial charge is 0.494 e. The number of benzene rings is 3. The van der Waals surface area contributed by atoms with Gasteiger partial charge in [-0.25, -0.2) is 4.39 Å². The van der Waals surface area contributed by atoms with Gasteiger partial charge >= 0.3 is 0 Å². The lowest BCUT2D eigenvalue weighted by Crippen LogP contribution is -2.36. The van der Waals surface area contributed by atoms with Gasteiger partial charge in [-0.15, -0.1) is 0 Å². The average molecular weight is 515 g/mol. The quantitative estimate of drug-likeness (QED) is 0.316. The van der Waals surface area contributed by atoms with Crippen LogP contribution in [0.5, 0.6) is 11.6 Å². The first-order valence-electron chi connectivity index (χ1n) is 10.9. The third kappa shape index (κ3) is 4.31. The average Bonchev–Trinajstić information content (AvgIpc) is 3.17. The number of nitrogens with zero attached hydrogens (tertiary/aromatic N) is 1. The van der Waals surface area contributed by atoms with Crippen molar-refractivity contribution in [3.8, 4) is 22.8 Å². The maximum absolute atomic E-state index is 14.4. The van der Waals surface area contributed by atoms with E-state index in [4.69, 9.17) is 32.7 Å². The number of anilines is 1. The molecular weight excluding hydrogens is 494 g/mol. The number of hydrogen-bond donors (Lipinski definition) is 2. The van der Waals surface area contributed by atoms with E-state index in [0.717, 1.165) is 30.4 Å². The van der Waals surface area contributed by atoms with Crippen molar-refractivity contribution in [3.05, 3.63) is 75.5 Å². The van der Waals surface area contributed by atoms with Gasteiger partial charge in [0.05, 0.1) is 41.4 Å². The SMILES string of the molecule is COc1c(F)cc(C(=O)c2c(O)[nH]c3cc(Cl)c(-c4ccc(N5CCOCC5)cc4)cc23)cc1Cl. The zero-order chi connectivity index (χ0) is 24.7. The van der Waals surface area contributed by atoms with E-state index in [1.807, 2.05) is 24.3 Å². The molecule has 5 rings (SSSR count). The summed E-state index contributed by atoms with van der Waals surface area (Å²) in [5.41, 5.74) is 3.10. The van der Waals surface area contributed by atoms with Crippen LogP contribution in [0.4, 0.5) is 10.1 Å². The summed E-state index contributed by atoms with van der Waals surface area (Å²) in [6.07, 6.45) is 0. The smallest absolute Gasteiger partial charge is 0.200 e. The number of carbonyl (C=O) groups is 1. The minimum Gasteiger partial charge on any atom is -0.494 e. The number of morpholine rings is 1. The number of aromatic hydroxyl groups is 1. The summed E-state index contributed by atoms with van der Waals surface area (Å²) < 4.78 is 24.7. The van der Waals surface area contributed by atoms with Crippen LogP contribution in [0.15, 0.2) is 48.5 Å². The van der Waals surface area contributed by atoms with Gasteiger partial charge in [0.1, 0.15) is 0 Å². The summed E-state index contributed by atoms with van der Waals surface area (Å²) in [5, 5.41) is 11.4. The molecule has 0 spiro atoms. The van der Waals surface area contributed by atoms with E-state index >= 15 is 0 Å². The van der Waals surface area contributed by atoms with Gasteiger partial charge in [0.2, 0.25) is 5.88 Å². The second-order valence-corrected chi connectivity index (χ2v) is 8.99. The molecule has 0 bridgehead atoms. The van der Waals surface area contributed by atoms with Crippen LogP contribution in [0.1, 0.15) is 15.9 Å². The van der Waals surface area contributed by atoms with Crippen molar-refractivity contribution in [2.75, 3.05) is 38.3 Å². The monoisotopic (exact) mass is 514 g/mol. The lowest BCUT2D eigenvalue weighted by atomic mass is 9.98. The number of ether oxygens (including phenoxy) is 2. The summed E-state index contributed by atoms with van der Waals surface area (Å²) in [5.74, 6) is -1.85. The Morgan fingerprint density at radius 2 is 1.80 bits per heavy atom. The highest BCUT2D eigenvalue weighted by Crippen LogP contribution is 2.38. The van der Waals surface area contributed by atoms with Crippen LogP contribution >= 0.6 is 23.2 Å². The topological polar surface area (TPSA) is 74.8 Å². The highest BCUT2D eigenvalue weighted by Gasteiger charge is 2.24. The second kappa shape index (κ2) is 9.41. The molecule has 0 radical (unpaired) electrons. The number of rotatable bonds is 5. The molecule has 0 aliphatic carbocycles. The first-order chi connectivity index (χ1) is 16.9. The summed E-state index contributed by atoms with van der Waals surface area (Å²) in [6.45, 7) is 3.05. The van der Waals surface area contributed by atoms with Crippen LogP contribution in [0.25, 0.3) is 22.0 Å². The number of nitrogens with one attached hydrogen (secondary N) is 1. The Morgan fingerprint density at radius 3 is 2.46 bits per heavy atom. The summed E-state index contributed by atoms with van der Waals surface area (Å²) in [6, 6.07) is 13.7. The number of methoxy groups -OCH3 is 1. The number of fused-ring (bicyclic) bond motifs is 1. The number of carbonyl (C=O) groups excluding carboxylic acids is 1. The van der Waals surface area contributed by atoms with Crippen molar-refractivity contribution < 1.29 is 23.8 Å². The fraction of sp³-hybridized carbons (Fsp3) is 0.192. The normalized spacial score (nSPS) is 13.9. The molecule has 1 aliphatic rings. The Kier molecular flexibility index (Phi) is 6.32. The zero-order valence-electron chi connectivity index (χ0n) is 18.7. The third-order valence-electron chi connectivity index (χ3n) is 6.11. The Bertz CT molecular complexity index is 1410. The number of aromatic amines is 1. The third-order valence-corrected chi connectivity index (χ3v) is 6.71. The Labute approximate surface area is 210 Å². The van der Waals surface area contributed by atoms with Gasteiger partial charge in [-0.2, -0.15) is 0 Å². The molecule has 180 valence electrons. The van der Waals surface area contributed by atoms with Crippen LogP contribution < -0.4 is 9.64 Å². The van der Waals surface area contributed by atoms with Crippen molar-refractivity contribution in [3.63, 3.8) is 0 Å². The summed E-state index contributed by atoms with van der Waals surface area (Å²) in [7, 11) is 1.29. The molecule has 1 saturated heterocycles. The van der Waals surface area contributed by atoms with E-state index in [2.05, 4.69) is 9.88 Å². The molecule has 1 fully saturated rings. The van der Waals surface area contributed by atoms with Gasteiger partial charge in [0.15, 0.2) is 17.3 Å². The molecule has 3 aromatic carbocycles. The van der Waals surface area contributed by atoms with Gasteiger partial charge in [-0.1, -0.05) is 35.3 Å². The highest BCUT2D eigenvalue weighted by atomic mass is 35.5. The summed E-state index contributed by atoms with van der Waals surface area (Å²) in [4.78, 5) is 18.3. The van der Waals surface area contributed by atoms with Crippen LogP contribution in [0.2, 0.25) is 10.0 Å². The predicted octanol–water partition coefficient (Wildman–Crippen LogP) is 6.06. The van der Waals surface area contributed by atoms with Gasteiger partial charge < -0.3 is 24.5 Å². The number of hydrogen-bond acceptors (Lipinski definition) is 5. The van der Waals surface area contributed by atoms with E-state index in [1.54, 1.807) is 12.1 Å². The van der Waals surface area contributed by atoms with Crippen molar-refractivity contribution >= 4 is 45.6 Å². The Morgan fingerprint density at radius 1 is 1.09 bits per heavy atom. The molecule has 35 heavy (non-hydrogen) atoms. The summed E-state index contributed by atoms with van der Waals surface area (Å²) >= 11 is 12.6. The molecule has 2 N–H and O–H groups in total. The van der Waals surface area contributed by atoms with Crippen molar-refractivity contribution in [2.45, 2.75) is 0 Å². The fourth-order valence-electron chi connectivity index (χ4n) is 4.36. The molecule has 6 nitrogen and oxygen atoms in total. The van der Waals surface area contributed by atoms with Crippen molar-refractivity contribution in [2.24, 2.45) is 0 Å². The number of halogens is 3. The second-order valence-electron chi connectivity index (χ2n) is 8.17. The van der Waals surface area contributed by atoms with Crippen LogP contribution in [-0.4, -0.2) is 49.3 Å². The number of ketones is 1. The standard InChI is InChI=1S/C26H21Cl2FN2O4/c1-34-25-20(28)10-15(11-21(25)29)24(32)23-18-12-17(19(27)13-22(18)30-26(23)33)14-2-4-16(5-3-14)31-6-8-35-9-7-31/h2-5,10-13,30,33H,6-9H2,1H3. The van der Waals surface area contributed by atoms with Crippen LogP contribution in [0.3, 0.4) is 0 Å². The first-order valence-corrected chi connectivity index (χ1v) is 11.7. The first kappa shape index (κ1) is 23.5. The molecule has 0 amide bonds. The maximum Gasteiger partial charge on any atom is 0.200 e. The molecule has 1 aliphatic heterocycles. The molecule has 1 aromatic heterocycles. The van der Waals surface area contributed by atoms with Crippen LogP contribution in [0, 0.1) is 5.82 Å². The lowest BCUT2D eigenvalue weighted by Gasteiger charge is -2.29. The highest BCUT2D eigenvalue weighted by molar-refractivity contribution is 6.35. The van der Waals surface area contributed by atoms with E-state index in [-0.39, 0.29) is 27.8 Å². The molecule has 2 heterocycles. The maximum atomic E-state index is 14.4. The minimum atomic E-state index is -0.772. The Hall–Kier alpha value is -3.26. The van der Waals surface area contributed by atoms with E-state index < -0.39 is 11.6 Å². The lowest BCUT2D eigenvalue weighted by molar-refractivity contribution is 0.103. The molecule has 0 unspecified atom stereocenters. The van der Waals surface area contributed by atoms with E-state index in [1.165, 1.54) is 13.2 Å². The van der Waals surface area contributed by atoms with E-state index in [0.29, 0.717) is 34.7 Å². The predicted molar refractivity (Wildman–Crippen MR) is 135 cm³/mol. The van der Waals surface area contributed by atoms with Crippen molar-refractivity contribution in [1.82, 2.24) is 4.98 Å². The molecular formula is C26H21Cl2FN2O4. The van der Waals surface area contributed by atoms with Gasteiger partial charge in [-0.05, 0) is 42.0 Å². The van der Waals surface area contributed by atoms with Crippen molar-refractivity contribution in [1.29, 1.82) is 0 Å². The zero-order valence-corrected chi connectivity index (χ0v) is 20.2. The molecule has 9 heteroatoms. The number of aromatic nitrogens is 1. The molecule has 0 saturated carbocycles. The number of H-pyrrole nitrogens is 1. The van der Waals surface area contributed by atoms with E-state index in [9.17, 15) is 14.3 Å². The molecule has 4 aromatic rings. The Balaban J connectivity index is 1.55. The van der Waals surface area contributed by atoms with Gasteiger partial charge in [-0.3, -0.25) is 4.79 Å². The van der Waals surface area contributed by atoms with Gasteiger partial charge in [0.25, 0.3) is 0 Å². The van der Waals surface area contributed by atoms with Crippen LogP contribution in [-0.2, 0) is 4.74 Å². The van der Waals surface area contributed by atoms with Gasteiger partial charge in [0, 0.05) is 35.3 Å². The minimum absolute atomic E-state index is 0.00323. The molecule has 0 atom stereocenters.